The number of nitrogens with zero attached hydrogens (tertiary/aromatic N) is 2. The Morgan fingerprint density at radius 1 is 1.40 bits per heavy atom. The zero-order chi connectivity index (χ0) is 18.0. The van der Waals surface area contributed by atoms with E-state index < -0.39 is 5.54 Å². The summed E-state index contributed by atoms with van der Waals surface area (Å²) < 4.78 is 19.5. The molecule has 3 rings (SSSR count). The van der Waals surface area contributed by atoms with E-state index >= 15 is 0 Å². The predicted molar refractivity (Wildman–Crippen MR) is 93.2 cm³/mol. The van der Waals surface area contributed by atoms with E-state index in [4.69, 9.17) is 22.1 Å². The van der Waals surface area contributed by atoms with E-state index in [1.165, 1.54) is 12.3 Å². The molecule has 0 fully saturated rings. The lowest BCUT2D eigenvalue weighted by Crippen LogP contribution is -2.34. The van der Waals surface area contributed by atoms with Crippen LogP contribution in [0.2, 0.25) is 5.02 Å². The summed E-state index contributed by atoms with van der Waals surface area (Å²) in [5.41, 5.74) is 6.21. The number of pyridine rings is 1. The number of rotatable bonds is 4. The normalized spacial score (nSPS) is 19.9. The Kier molecular flexibility index (Phi) is 4.72. The third-order valence-corrected chi connectivity index (χ3v) is 4.41. The van der Waals surface area contributed by atoms with Crippen molar-refractivity contribution in [3.63, 3.8) is 0 Å². The Morgan fingerprint density at radius 3 is 2.88 bits per heavy atom. The highest BCUT2D eigenvalue weighted by atomic mass is 35.5. The van der Waals surface area contributed by atoms with Crippen molar-refractivity contribution >= 4 is 23.4 Å². The molecule has 0 saturated carbocycles. The maximum Gasteiger partial charge on any atom is 0.282 e. The second-order valence-corrected chi connectivity index (χ2v) is 6.53. The average Bonchev–Trinajstić information content (AvgIpc) is 2.57. The smallest absolute Gasteiger partial charge is 0.282 e. The van der Waals surface area contributed by atoms with Crippen molar-refractivity contribution in [1.29, 1.82) is 0 Å². The lowest BCUT2D eigenvalue weighted by atomic mass is 9.87. The van der Waals surface area contributed by atoms with Crippen LogP contribution in [-0.4, -0.2) is 23.4 Å². The molecule has 1 aromatic carbocycles. The molecule has 2 heterocycles. The number of carbonyl (C=O) groups excluding carboxylic acids is 1. The lowest BCUT2D eigenvalue weighted by Gasteiger charge is -2.30. The topological polar surface area (TPSA) is 77.6 Å². The maximum atomic E-state index is 14.4. The number of aromatic nitrogens is 1. The zero-order valence-electron chi connectivity index (χ0n) is 13.6. The molecule has 0 saturated heterocycles. The quantitative estimate of drug-likeness (QED) is 0.848. The predicted octanol–water partition coefficient (Wildman–Crippen LogP) is 3.25. The SMILES string of the molecule is C[C@@]1(c2cc(CC(=O)c3ccc(Cl)cn3)ccc2F)CCOC(N)=N1. The van der Waals surface area contributed by atoms with Gasteiger partial charge in [0.1, 0.15) is 11.5 Å². The van der Waals surface area contributed by atoms with Gasteiger partial charge in [0.2, 0.25) is 0 Å². The van der Waals surface area contributed by atoms with E-state index in [0.29, 0.717) is 34.9 Å². The number of Topliss-reactive ketones (excluding diaryl/α,β-unsaturated/α-hetero) is 1. The van der Waals surface area contributed by atoms with Gasteiger partial charge in [0.05, 0.1) is 17.2 Å². The van der Waals surface area contributed by atoms with E-state index in [0.717, 1.165) is 0 Å². The van der Waals surface area contributed by atoms with Crippen LogP contribution in [0.25, 0.3) is 0 Å². The van der Waals surface area contributed by atoms with Gasteiger partial charge in [-0.25, -0.2) is 9.38 Å². The first kappa shape index (κ1) is 17.4. The summed E-state index contributed by atoms with van der Waals surface area (Å²) in [5, 5.41) is 0.462. The fourth-order valence-electron chi connectivity index (χ4n) is 2.79. The molecule has 0 aliphatic carbocycles. The molecule has 7 heteroatoms. The summed E-state index contributed by atoms with van der Waals surface area (Å²) >= 11 is 5.78. The largest absolute Gasteiger partial charge is 0.465 e. The fourth-order valence-corrected chi connectivity index (χ4v) is 2.90. The van der Waals surface area contributed by atoms with Crippen molar-refractivity contribution in [2.75, 3.05) is 6.61 Å². The number of nitrogens with two attached hydrogens (primary N) is 1. The molecule has 1 aliphatic rings. The van der Waals surface area contributed by atoms with Gasteiger partial charge in [-0.2, -0.15) is 0 Å². The summed E-state index contributed by atoms with van der Waals surface area (Å²) in [7, 11) is 0. The third-order valence-electron chi connectivity index (χ3n) is 4.18. The number of amidine groups is 1. The first-order valence-corrected chi connectivity index (χ1v) is 8.17. The monoisotopic (exact) mass is 361 g/mol. The number of ketones is 1. The molecule has 5 nitrogen and oxygen atoms in total. The summed E-state index contributed by atoms with van der Waals surface area (Å²) in [5.74, 6) is -0.559. The van der Waals surface area contributed by atoms with Crippen LogP contribution in [0.1, 0.15) is 35.0 Å². The third kappa shape index (κ3) is 3.79. The fraction of sp³-hybridized carbons (Fsp3) is 0.278. The van der Waals surface area contributed by atoms with Crippen LogP contribution in [0.5, 0.6) is 0 Å². The van der Waals surface area contributed by atoms with Gasteiger partial charge in [-0.3, -0.25) is 9.78 Å². The molecular weight excluding hydrogens is 345 g/mol. The molecule has 130 valence electrons. The molecule has 0 spiro atoms. The van der Waals surface area contributed by atoms with Crippen molar-refractivity contribution in [1.82, 2.24) is 4.98 Å². The van der Waals surface area contributed by atoms with Crippen LogP contribution < -0.4 is 5.73 Å². The second kappa shape index (κ2) is 6.80. The molecule has 25 heavy (non-hydrogen) atoms. The van der Waals surface area contributed by atoms with Gasteiger partial charge in [-0.05, 0) is 36.8 Å². The number of aliphatic imine (C=N–C) groups is 1. The number of halogens is 2. The van der Waals surface area contributed by atoms with Crippen molar-refractivity contribution < 1.29 is 13.9 Å². The zero-order valence-corrected chi connectivity index (χ0v) is 14.4. The summed E-state index contributed by atoms with van der Waals surface area (Å²) in [6, 6.07) is 7.81. The van der Waals surface area contributed by atoms with E-state index in [1.807, 2.05) is 0 Å². The van der Waals surface area contributed by atoms with Crippen LogP contribution in [-0.2, 0) is 16.7 Å². The molecule has 0 radical (unpaired) electrons. The Morgan fingerprint density at radius 2 is 2.20 bits per heavy atom. The average molecular weight is 362 g/mol. The first-order chi connectivity index (χ1) is 11.9. The van der Waals surface area contributed by atoms with Crippen molar-refractivity contribution in [2.24, 2.45) is 10.7 Å². The standard InChI is InChI=1S/C18H17ClFN3O2/c1-18(6-7-25-17(21)23-18)13-8-11(2-4-14(13)20)9-16(24)15-5-3-12(19)10-22-15/h2-5,8,10H,6-7,9H2,1H3,(H2,21,23)/t18-/m0/s1. The van der Waals surface area contributed by atoms with Crippen molar-refractivity contribution in [3.8, 4) is 0 Å². The molecule has 2 N–H and O–H groups in total. The highest BCUT2D eigenvalue weighted by molar-refractivity contribution is 6.30. The van der Waals surface area contributed by atoms with E-state index in [1.54, 1.807) is 31.2 Å². The highest BCUT2D eigenvalue weighted by Crippen LogP contribution is 2.34. The first-order valence-electron chi connectivity index (χ1n) is 7.79. The minimum absolute atomic E-state index is 0.0417. The molecule has 0 bridgehead atoms. The highest BCUT2D eigenvalue weighted by Gasteiger charge is 2.33. The van der Waals surface area contributed by atoms with Gasteiger partial charge in [0.15, 0.2) is 5.78 Å². The molecule has 1 atom stereocenters. The summed E-state index contributed by atoms with van der Waals surface area (Å²) in [4.78, 5) is 20.6. The van der Waals surface area contributed by atoms with Crippen LogP contribution in [0.4, 0.5) is 4.39 Å². The maximum absolute atomic E-state index is 14.4. The second-order valence-electron chi connectivity index (χ2n) is 6.10. The molecule has 0 unspecified atom stereocenters. The Labute approximate surface area is 149 Å². The number of hydrogen-bond donors (Lipinski definition) is 1. The molecule has 1 aromatic heterocycles. The Hall–Kier alpha value is -2.47. The van der Waals surface area contributed by atoms with Crippen molar-refractivity contribution in [2.45, 2.75) is 25.3 Å². The molecular formula is C18H17ClFN3O2. The number of benzene rings is 1. The Balaban J connectivity index is 1.88. The minimum atomic E-state index is -0.815. The van der Waals surface area contributed by atoms with Gasteiger partial charge < -0.3 is 10.5 Å². The Bertz CT molecular complexity index is 839. The van der Waals surface area contributed by atoms with Gasteiger partial charge in [0, 0.05) is 24.6 Å². The molecule has 1 aliphatic heterocycles. The van der Waals surface area contributed by atoms with Crippen LogP contribution >= 0.6 is 11.6 Å². The number of hydrogen-bond acceptors (Lipinski definition) is 5. The van der Waals surface area contributed by atoms with Crippen LogP contribution in [0.3, 0.4) is 0 Å². The number of ether oxygens (including phenoxy) is 1. The summed E-state index contributed by atoms with van der Waals surface area (Å²) in [6.07, 6.45) is 2.03. The summed E-state index contributed by atoms with van der Waals surface area (Å²) in [6.45, 7) is 2.16. The molecule has 0 amide bonds. The van der Waals surface area contributed by atoms with Gasteiger partial charge in [0.25, 0.3) is 6.02 Å². The van der Waals surface area contributed by atoms with Crippen LogP contribution in [0.15, 0.2) is 41.5 Å². The van der Waals surface area contributed by atoms with Crippen molar-refractivity contribution in [3.05, 3.63) is 64.2 Å². The van der Waals surface area contributed by atoms with E-state index in [9.17, 15) is 9.18 Å². The minimum Gasteiger partial charge on any atom is -0.465 e. The van der Waals surface area contributed by atoms with Gasteiger partial charge in [-0.1, -0.05) is 17.7 Å². The molecule has 2 aromatic rings. The van der Waals surface area contributed by atoms with Crippen LogP contribution in [0, 0.1) is 5.82 Å². The van der Waals surface area contributed by atoms with Gasteiger partial charge in [-0.15, -0.1) is 0 Å². The van der Waals surface area contributed by atoms with E-state index in [-0.39, 0.29) is 24.0 Å². The lowest BCUT2D eigenvalue weighted by molar-refractivity contribution is 0.0988. The van der Waals surface area contributed by atoms with Gasteiger partial charge >= 0.3 is 0 Å². The van der Waals surface area contributed by atoms with E-state index in [2.05, 4.69) is 9.98 Å². The number of carbonyl (C=O) groups is 1.